The van der Waals surface area contributed by atoms with E-state index in [1.807, 2.05) is 24.3 Å². The van der Waals surface area contributed by atoms with Crippen LogP contribution in [-0.2, 0) is 10.2 Å². The first-order chi connectivity index (χ1) is 12.1. The van der Waals surface area contributed by atoms with Crippen LogP contribution in [0.5, 0.6) is 11.5 Å². The van der Waals surface area contributed by atoms with Crippen LogP contribution in [0.15, 0.2) is 42.2 Å². The molecule has 1 heterocycles. The van der Waals surface area contributed by atoms with E-state index in [1.54, 1.807) is 0 Å². The minimum atomic E-state index is -0.308. The number of phenolic OH excluding ortho intramolecular Hbond substituents is 2. The first kappa shape index (κ1) is 22.5. The van der Waals surface area contributed by atoms with E-state index in [4.69, 9.17) is 16.3 Å². The van der Waals surface area contributed by atoms with E-state index < -0.39 is 0 Å². The lowest BCUT2D eigenvalue weighted by Crippen LogP contribution is -2.19. The molecule has 26 heavy (non-hydrogen) atoms. The van der Waals surface area contributed by atoms with Crippen LogP contribution in [0.25, 0.3) is 0 Å². The van der Waals surface area contributed by atoms with E-state index >= 15 is 0 Å². The highest BCUT2D eigenvalue weighted by Gasteiger charge is 2.26. The molecular weight excluding hydrogens is 619 g/mol. The van der Waals surface area contributed by atoms with Gasteiger partial charge in [0.05, 0.1) is 36.5 Å². The molecule has 2 aromatic carbocycles. The fraction of sp³-hybridized carbons (Fsp3) is 0.333. The van der Waals surface area contributed by atoms with Gasteiger partial charge in [-0.3, -0.25) is 0 Å². The number of phenols is 2. The average Bonchev–Trinajstić information content (AvgIpc) is 3.41. The molecule has 0 radical (unpaired) electrons. The Morgan fingerprint density at radius 3 is 1.42 bits per heavy atom. The summed E-state index contributed by atoms with van der Waals surface area (Å²) in [6.07, 6.45) is 0.400. The summed E-state index contributed by atoms with van der Waals surface area (Å²) in [5.74, 6) is 1.03. The van der Waals surface area contributed by atoms with Crippen LogP contribution in [0.1, 0.15) is 25.0 Å². The fourth-order valence-electron chi connectivity index (χ4n) is 2.18. The van der Waals surface area contributed by atoms with Crippen molar-refractivity contribution in [1.29, 1.82) is 0 Å². The van der Waals surface area contributed by atoms with Gasteiger partial charge < -0.3 is 14.9 Å². The topological polar surface area (TPSA) is 53.0 Å². The molecule has 1 saturated heterocycles. The van der Waals surface area contributed by atoms with Crippen molar-refractivity contribution in [1.82, 2.24) is 0 Å². The van der Waals surface area contributed by atoms with Crippen molar-refractivity contribution in [2.75, 3.05) is 12.5 Å². The highest BCUT2D eigenvalue weighted by atomic mass is 79.9. The third kappa shape index (κ3) is 5.39. The normalized spacial score (nSPS) is 16.0. The van der Waals surface area contributed by atoms with Crippen LogP contribution in [0.2, 0.25) is 0 Å². The van der Waals surface area contributed by atoms with Gasteiger partial charge in [0, 0.05) is 5.41 Å². The summed E-state index contributed by atoms with van der Waals surface area (Å²) in [6, 6.07) is 7.59. The predicted molar refractivity (Wildman–Crippen MR) is 120 cm³/mol. The predicted octanol–water partition coefficient (Wildman–Crippen LogP) is 7.10. The van der Waals surface area contributed by atoms with Crippen LogP contribution < -0.4 is 0 Å². The van der Waals surface area contributed by atoms with Gasteiger partial charge in [0.2, 0.25) is 0 Å². The first-order valence-electron chi connectivity index (χ1n) is 7.62. The lowest BCUT2D eigenvalue weighted by molar-refractivity contribution is 0.425. The Bertz CT molecular complexity index is 702. The number of hydrogen-bond donors (Lipinski definition) is 2. The quantitative estimate of drug-likeness (QED) is 0.280. The van der Waals surface area contributed by atoms with Gasteiger partial charge in [-0.15, -0.1) is 11.6 Å². The Balaban J connectivity index is 0.000000417. The highest BCUT2D eigenvalue weighted by Crippen LogP contribution is 2.43. The summed E-state index contributed by atoms with van der Waals surface area (Å²) in [4.78, 5) is 0. The van der Waals surface area contributed by atoms with E-state index in [2.05, 4.69) is 77.6 Å². The second kappa shape index (κ2) is 9.14. The van der Waals surface area contributed by atoms with Gasteiger partial charge in [0.15, 0.2) is 0 Å². The van der Waals surface area contributed by atoms with Crippen molar-refractivity contribution < 1.29 is 14.9 Å². The van der Waals surface area contributed by atoms with Crippen LogP contribution in [-0.4, -0.2) is 28.8 Å². The Morgan fingerprint density at radius 1 is 0.923 bits per heavy atom. The highest BCUT2D eigenvalue weighted by molar-refractivity contribution is 9.11. The molecule has 2 N–H and O–H groups in total. The number of benzene rings is 2. The molecule has 142 valence electrons. The molecule has 1 unspecified atom stereocenters. The number of hydrogen-bond acceptors (Lipinski definition) is 3. The lowest BCUT2D eigenvalue weighted by atomic mass is 9.78. The maximum Gasteiger partial charge on any atom is 0.143 e. The Hall–Kier alpha value is 0.210. The zero-order valence-electron chi connectivity index (χ0n) is 14.0. The van der Waals surface area contributed by atoms with Crippen LogP contribution in [0.3, 0.4) is 0 Å². The number of aromatic hydroxyl groups is 2. The van der Waals surface area contributed by atoms with Crippen molar-refractivity contribution in [3.63, 3.8) is 0 Å². The molecule has 0 bridgehead atoms. The van der Waals surface area contributed by atoms with E-state index in [1.165, 1.54) is 0 Å². The van der Waals surface area contributed by atoms with Gasteiger partial charge in [-0.2, -0.15) is 0 Å². The minimum absolute atomic E-state index is 0.183. The molecule has 3 nitrogen and oxygen atoms in total. The average molecular weight is 636 g/mol. The Kier molecular flexibility index (Phi) is 7.91. The van der Waals surface area contributed by atoms with Crippen molar-refractivity contribution in [2.45, 2.75) is 25.4 Å². The molecule has 8 heteroatoms. The van der Waals surface area contributed by atoms with Gasteiger partial charge in [-0.1, -0.05) is 13.8 Å². The maximum atomic E-state index is 9.85. The van der Waals surface area contributed by atoms with Crippen molar-refractivity contribution in [2.24, 2.45) is 0 Å². The maximum absolute atomic E-state index is 9.85. The third-order valence-electron chi connectivity index (χ3n) is 4.05. The molecule has 0 spiro atoms. The largest absolute Gasteiger partial charge is 0.506 e. The zero-order valence-corrected chi connectivity index (χ0v) is 21.1. The number of rotatable bonds is 3. The molecule has 0 amide bonds. The molecule has 1 aliphatic rings. The summed E-state index contributed by atoms with van der Waals surface area (Å²) < 4.78 is 7.27. The summed E-state index contributed by atoms with van der Waals surface area (Å²) in [5.41, 5.74) is 1.75. The smallest absolute Gasteiger partial charge is 0.143 e. The standard InChI is InChI=1S/C15H12Br4O2.C3H5ClO/c1-15(2,7-3-9(16)13(20)10(17)4-7)8-5-11(18)14(21)12(19)6-8;4-1-3-2-5-3/h3-6,20-21H,1-2H3;3H,1-2H2. The first-order valence-corrected chi connectivity index (χ1v) is 11.3. The second-order valence-corrected chi connectivity index (χ2v) is 10.0. The summed E-state index contributed by atoms with van der Waals surface area (Å²) in [6.45, 7) is 5.05. The number of alkyl halides is 1. The van der Waals surface area contributed by atoms with Crippen LogP contribution >= 0.6 is 75.3 Å². The van der Waals surface area contributed by atoms with Gasteiger partial charge in [-0.05, 0) is 99.1 Å². The SMILES string of the molecule is CC(C)(c1cc(Br)c(O)c(Br)c1)c1cc(Br)c(O)c(Br)c1.ClCC1CO1. The minimum Gasteiger partial charge on any atom is -0.506 e. The molecule has 1 aliphatic heterocycles. The van der Waals surface area contributed by atoms with Gasteiger partial charge in [0.25, 0.3) is 0 Å². The van der Waals surface area contributed by atoms with Crippen LogP contribution in [0, 0.1) is 0 Å². The Labute approximate surface area is 191 Å². The molecule has 0 saturated carbocycles. The monoisotopic (exact) mass is 632 g/mol. The van der Waals surface area contributed by atoms with E-state index in [0.29, 0.717) is 29.9 Å². The molecule has 1 atom stereocenters. The van der Waals surface area contributed by atoms with Gasteiger partial charge in [-0.25, -0.2) is 0 Å². The van der Waals surface area contributed by atoms with E-state index in [9.17, 15) is 10.2 Å². The zero-order chi connectivity index (χ0) is 19.6. The number of ether oxygens (including phenoxy) is 1. The van der Waals surface area contributed by atoms with Crippen molar-refractivity contribution in [3.8, 4) is 11.5 Å². The Morgan fingerprint density at radius 2 is 1.23 bits per heavy atom. The second-order valence-electron chi connectivity index (χ2n) is 6.31. The molecule has 0 aliphatic carbocycles. The van der Waals surface area contributed by atoms with Gasteiger partial charge in [0.1, 0.15) is 11.5 Å². The van der Waals surface area contributed by atoms with Crippen molar-refractivity contribution in [3.05, 3.63) is 53.3 Å². The molecule has 3 rings (SSSR count). The van der Waals surface area contributed by atoms with Crippen molar-refractivity contribution >= 4 is 75.3 Å². The number of epoxide rings is 1. The van der Waals surface area contributed by atoms with Gasteiger partial charge >= 0.3 is 0 Å². The third-order valence-corrected chi connectivity index (χ3v) is 6.81. The molecule has 0 aromatic heterocycles. The number of halogens is 5. The summed E-state index contributed by atoms with van der Waals surface area (Å²) in [7, 11) is 0. The summed E-state index contributed by atoms with van der Waals surface area (Å²) >= 11 is 18.7. The molecular formula is C18H17Br4ClO3. The van der Waals surface area contributed by atoms with Crippen LogP contribution in [0.4, 0.5) is 0 Å². The molecule has 2 aromatic rings. The molecule has 1 fully saturated rings. The summed E-state index contributed by atoms with van der Waals surface area (Å²) in [5, 5.41) is 19.7. The van der Waals surface area contributed by atoms with E-state index in [-0.39, 0.29) is 16.9 Å². The van der Waals surface area contributed by atoms with E-state index in [0.717, 1.165) is 17.7 Å². The lowest BCUT2D eigenvalue weighted by Gasteiger charge is -2.27. The fourth-order valence-corrected chi connectivity index (χ4v) is 4.73.